The third-order valence-electron chi connectivity index (χ3n) is 6.58. The molecule has 2 fully saturated rings. The Morgan fingerprint density at radius 2 is 2.02 bits per heavy atom. The summed E-state index contributed by atoms with van der Waals surface area (Å²) in [6, 6.07) is -0.251. The molecule has 1 amide bonds. The second-order valence-corrected chi connectivity index (χ2v) is 11.0. The standard InChI is InChI=1S/C21H33N4O15P/c1-8(6-26)14(29)17-13(23-9(2)27)10(28)5-21(39-17,19(32)33)40-41(35,36)37-7-11-15(30)16(31)18(38-11)25-4-3-12(22)24-20(25)34/h3-4,8,10-11,13-18,26,28-31H,5-7H2,1-2H3,(H,23,27)(H,32,33)(H,35,36)(H2,22,24,34)/p-2/t8-,10?,11?,13?,14-,15?,16?,17?,18?,21?/m1/s1. The summed E-state index contributed by atoms with van der Waals surface area (Å²) in [5, 5.41) is 65.6. The molecule has 19 nitrogen and oxygen atoms in total. The second kappa shape index (κ2) is 12.8. The summed E-state index contributed by atoms with van der Waals surface area (Å²) in [5.74, 6) is -7.41. The quantitative estimate of drug-likeness (QED) is 0.115. The van der Waals surface area contributed by atoms with Gasteiger partial charge in [0, 0.05) is 32.1 Å². The number of ether oxygens (including phenoxy) is 2. The van der Waals surface area contributed by atoms with E-state index in [4.69, 9.17) is 15.2 Å². The average Bonchev–Trinajstić information content (AvgIpc) is 3.16. The second-order valence-electron chi connectivity index (χ2n) is 9.69. The van der Waals surface area contributed by atoms with Crippen LogP contribution in [-0.4, -0.2) is 109 Å². The number of nitrogens with one attached hydrogen (secondary N) is 1. The van der Waals surface area contributed by atoms with E-state index in [-0.39, 0.29) is 5.82 Å². The van der Waals surface area contributed by atoms with Gasteiger partial charge in [-0.05, 0) is 6.07 Å². The summed E-state index contributed by atoms with van der Waals surface area (Å²) in [6.07, 6.45) is -12.1. The van der Waals surface area contributed by atoms with Crippen molar-refractivity contribution in [3.8, 4) is 0 Å². The number of carboxylic acid groups (broad SMARTS) is 1. The van der Waals surface area contributed by atoms with E-state index in [0.29, 0.717) is 0 Å². The van der Waals surface area contributed by atoms with Crippen molar-refractivity contribution in [2.24, 2.45) is 5.92 Å². The smallest absolute Gasteiger partial charge is 0.351 e. The monoisotopic (exact) mass is 610 g/mol. The summed E-state index contributed by atoms with van der Waals surface area (Å²) in [7, 11) is -5.74. The molecule has 2 saturated heterocycles. The molecule has 8 N–H and O–H groups in total. The lowest BCUT2D eigenvalue weighted by atomic mass is 9.86. The van der Waals surface area contributed by atoms with E-state index in [9.17, 15) is 54.5 Å². The number of phosphoric acid groups is 1. The number of aliphatic hydroxyl groups excluding tert-OH is 5. The molecule has 41 heavy (non-hydrogen) atoms. The minimum Gasteiger partial charge on any atom is -0.756 e. The van der Waals surface area contributed by atoms with Gasteiger partial charge in [-0.2, -0.15) is 4.98 Å². The number of nitrogens with two attached hydrogens (primary N) is 1. The van der Waals surface area contributed by atoms with Crippen molar-refractivity contribution in [3.63, 3.8) is 0 Å². The predicted molar refractivity (Wildman–Crippen MR) is 127 cm³/mol. The Bertz CT molecular complexity index is 1220. The molecule has 1 aromatic heterocycles. The summed E-state index contributed by atoms with van der Waals surface area (Å²) >= 11 is 0. The number of phosphoric ester groups is 1. The highest BCUT2D eigenvalue weighted by Gasteiger charge is 2.54. The number of anilines is 1. The van der Waals surface area contributed by atoms with Gasteiger partial charge in [0.25, 0.3) is 7.82 Å². The maximum Gasteiger partial charge on any atom is 0.351 e. The maximum absolute atomic E-state index is 12.7. The van der Waals surface area contributed by atoms with Crippen molar-refractivity contribution in [2.75, 3.05) is 18.9 Å². The van der Waals surface area contributed by atoms with Crippen LogP contribution in [0.4, 0.5) is 5.82 Å². The first-order chi connectivity index (χ1) is 19.0. The topological polar surface area (TPSA) is 308 Å². The summed E-state index contributed by atoms with van der Waals surface area (Å²) < 4.78 is 33.5. The van der Waals surface area contributed by atoms with Gasteiger partial charge in [0.15, 0.2) is 6.23 Å². The normalized spacial score (nSPS) is 34.9. The third-order valence-corrected chi connectivity index (χ3v) is 7.56. The molecule has 0 spiro atoms. The number of hydrogen-bond donors (Lipinski definition) is 7. The summed E-state index contributed by atoms with van der Waals surface area (Å²) in [5.41, 5.74) is 4.46. The number of hydrogen-bond acceptors (Lipinski definition) is 17. The van der Waals surface area contributed by atoms with Crippen LogP contribution in [0.15, 0.2) is 17.1 Å². The zero-order valence-electron chi connectivity index (χ0n) is 21.7. The molecule has 0 saturated carbocycles. The maximum atomic E-state index is 12.7. The summed E-state index contributed by atoms with van der Waals surface area (Å²) in [6.45, 7) is 0.692. The number of nitrogen functional groups attached to an aromatic ring is 1. The van der Waals surface area contributed by atoms with Crippen LogP contribution in [0.3, 0.4) is 0 Å². The lowest BCUT2D eigenvalue weighted by Crippen LogP contribution is -2.69. The molecule has 3 rings (SSSR count). The number of aromatic nitrogens is 2. The molecule has 2 aliphatic rings. The minimum atomic E-state index is -5.74. The van der Waals surface area contributed by atoms with Crippen molar-refractivity contribution in [1.29, 1.82) is 0 Å². The van der Waals surface area contributed by atoms with Crippen LogP contribution in [0, 0.1) is 5.92 Å². The number of aliphatic hydroxyl groups is 5. The SMILES string of the molecule is CC(=O)NC1C(O)CC(OP(=O)([O-])OCC2OC(n3ccc(N)nc3=O)C(O)C2O)(C(=O)[O-])OC1[C@H](O)[C@H](C)CO. The van der Waals surface area contributed by atoms with E-state index >= 15 is 0 Å². The van der Waals surface area contributed by atoms with E-state index in [1.54, 1.807) is 0 Å². The van der Waals surface area contributed by atoms with Gasteiger partial charge < -0.3 is 65.4 Å². The molecule has 2 aliphatic heterocycles. The first-order valence-electron chi connectivity index (χ1n) is 12.2. The number of nitrogens with zero attached hydrogens (tertiary/aromatic N) is 2. The fourth-order valence-corrected chi connectivity index (χ4v) is 5.34. The zero-order valence-corrected chi connectivity index (χ0v) is 22.6. The first kappa shape index (κ1) is 33.0. The predicted octanol–water partition coefficient (Wildman–Crippen LogP) is -5.96. The number of amides is 1. The Morgan fingerprint density at radius 3 is 2.59 bits per heavy atom. The molecule has 9 unspecified atom stereocenters. The molecular formula is C21H31N4O15P-2. The Kier molecular flexibility index (Phi) is 10.3. The van der Waals surface area contributed by atoms with Gasteiger partial charge in [-0.15, -0.1) is 0 Å². The van der Waals surface area contributed by atoms with Gasteiger partial charge >= 0.3 is 5.69 Å². The molecule has 0 aliphatic carbocycles. The average molecular weight is 610 g/mol. The van der Waals surface area contributed by atoms with Gasteiger partial charge in [0.1, 0.15) is 36.2 Å². The van der Waals surface area contributed by atoms with Crippen LogP contribution in [0.25, 0.3) is 0 Å². The van der Waals surface area contributed by atoms with E-state index in [1.165, 1.54) is 13.0 Å². The number of carbonyl (C=O) groups excluding carboxylic acids is 2. The fraction of sp³-hybridized carbons (Fsp3) is 0.714. The summed E-state index contributed by atoms with van der Waals surface area (Å²) in [4.78, 5) is 52.0. The van der Waals surface area contributed by atoms with Crippen LogP contribution in [0.2, 0.25) is 0 Å². The van der Waals surface area contributed by atoms with Gasteiger partial charge in [-0.25, -0.2) is 4.79 Å². The highest BCUT2D eigenvalue weighted by Crippen LogP contribution is 2.48. The number of rotatable bonds is 11. The molecule has 1 aromatic rings. The lowest BCUT2D eigenvalue weighted by Gasteiger charge is -2.50. The molecule has 3 heterocycles. The van der Waals surface area contributed by atoms with Crippen molar-refractivity contribution in [1.82, 2.24) is 14.9 Å². The number of carbonyl (C=O) groups is 2. The highest BCUT2D eigenvalue weighted by molar-refractivity contribution is 7.45. The van der Waals surface area contributed by atoms with E-state index in [1.807, 2.05) is 0 Å². The number of carboxylic acids is 1. The largest absolute Gasteiger partial charge is 0.756 e. The molecule has 20 heteroatoms. The molecule has 0 aromatic carbocycles. The molecule has 0 radical (unpaired) electrons. The van der Waals surface area contributed by atoms with Gasteiger partial charge in [0.05, 0.1) is 24.9 Å². The van der Waals surface area contributed by atoms with Crippen LogP contribution in [0.1, 0.15) is 26.5 Å². The van der Waals surface area contributed by atoms with Gasteiger partial charge in [0.2, 0.25) is 11.7 Å². The molecule has 232 valence electrons. The van der Waals surface area contributed by atoms with Crippen molar-refractivity contribution in [3.05, 3.63) is 22.7 Å². The van der Waals surface area contributed by atoms with Crippen LogP contribution in [0.5, 0.6) is 0 Å². The van der Waals surface area contributed by atoms with Crippen molar-refractivity contribution in [2.45, 2.75) is 74.9 Å². The highest BCUT2D eigenvalue weighted by atomic mass is 31.2. The number of aliphatic carboxylic acids is 1. The first-order valence-corrected chi connectivity index (χ1v) is 13.6. The molecular weight excluding hydrogens is 579 g/mol. The zero-order chi connectivity index (χ0) is 30.9. The van der Waals surface area contributed by atoms with E-state index in [2.05, 4.69) is 19.3 Å². The Balaban J connectivity index is 1.79. The van der Waals surface area contributed by atoms with E-state index in [0.717, 1.165) is 17.7 Å². The van der Waals surface area contributed by atoms with Crippen LogP contribution >= 0.6 is 7.82 Å². The minimum absolute atomic E-state index is 0.135. The third kappa shape index (κ3) is 7.27. The lowest BCUT2D eigenvalue weighted by molar-refractivity contribution is -0.377. The Labute approximate surface area is 231 Å². The van der Waals surface area contributed by atoms with Gasteiger partial charge in [-0.3, -0.25) is 18.5 Å². The Morgan fingerprint density at radius 1 is 1.37 bits per heavy atom. The molecule has 0 bridgehead atoms. The van der Waals surface area contributed by atoms with Crippen LogP contribution < -0.4 is 26.7 Å². The van der Waals surface area contributed by atoms with Crippen molar-refractivity contribution >= 4 is 25.5 Å². The van der Waals surface area contributed by atoms with Crippen LogP contribution in [-0.2, 0) is 32.7 Å². The molecule has 11 atom stereocenters. The fourth-order valence-electron chi connectivity index (χ4n) is 4.40. The van der Waals surface area contributed by atoms with Gasteiger partial charge in [-0.1, -0.05) is 6.92 Å². The van der Waals surface area contributed by atoms with Crippen molar-refractivity contribution < 1.29 is 68.2 Å². The Hall–Kier alpha value is -2.55. The van der Waals surface area contributed by atoms with E-state index < -0.39 is 106 Å².